The van der Waals surface area contributed by atoms with Gasteiger partial charge in [-0.3, -0.25) is 9.59 Å². The van der Waals surface area contributed by atoms with E-state index in [0.29, 0.717) is 22.9 Å². The second-order valence-corrected chi connectivity index (χ2v) is 9.03. The molecule has 1 aliphatic heterocycles. The first-order chi connectivity index (χ1) is 15.1. The molecule has 0 spiro atoms. The summed E-state index contributed by atoms with van der Waals surface area (Å²) < 4.78 is 6.01. The number of nitrogens with one attached hydrogen (secondary N) is 1. The van der Waals surface area contributed by atoms with Crippen molar-refractivity contribution < 1.29 is 14.3 Å². The number of benzene rings is 2. The van der Waals surface area contributed by atoms with Crippen LogP contribution in [0, 0.1) is 0 Å². The van der Waals surface area contributed by atoms with Crippen LogP contribution in [0.15, 0.2) is 60.0 Å². The van der Waals surface area contributed by atoms with Crippen molar-refractivity contribution >= 4 is 28.8 Å². The van der Waals surface area contributed by atoms with E-state index in [0.717, 1.165) is 24.8 Å². The minimum atomic E-state index is -0.554. The van der Waals surface area contributed by atoms with Gasteiger partial charge in [-0.2, -0.15) is 0 Å². The van der Waals surface area contributed by atoms with Gasteiger partial charge in [-0.25, -0.2) is 0 Å². The molecule has 3 aromatic rings. The van der Waals surface area contributed by atoms with Gasteiger partial charge >= 0.3 is 0 Å². The van der Waals surface area contributed by atoms with Crippen LogP contribution < -0.4 is 10.1 Å². The molecule has 1 N–H and O–H groups in total. The van der Waals surface area contributed by atoms with Crippen LogP contribution in [0.4, 0.5) is 5.69 Å². The van der Waals surface area contributed by atoms with Gasteiger partial charge in [0.15, 0.2) is 6.10 Å². The van der Waals surface area contributed by atoms with Crippen molar-refractivity contribution in [1.82, 2.24) is 4.90 Å². The Morgan fingerprint density at radius 2 is 2.00 bits per heavy atom. The summed E-state index contributed by atoms with van der Waals surface area (Å²) in [5.41, 5.74) is 4.16. The molecule has 0 fully saturated rings. The van der Waals surface area contributed by atoms with Gasteiger partial charge in [-0.1, -0.05) is 30.3 Å². The number of carbonyl (C=O) groups excluding carboxylic acids is 2. The van der Waals surface area contributed by atoms with Crippen LogP contribution in [-0.4, -0.2) is 22.8 Å². The fourth-order valence-electron chi connectivity index (χ4n) is 4.55. The van der Waals surface area contributed by atoms with Gasteiger partial charge in [0, 0.05) is 11.3 Å². The molecular weight excluding hydrogens is 408 g/mol. The second kappa shape index (κ2) is 8.19. The van der Waals surface area contributed by atoms with Crippen LogP contribution in [-0.2, 0) is 17.8 Å². The van der Waals surface area contributed by atoms with Gasteiger partial charge in [-0.15, -0.1) is 11.3 Å². The Balaban J connectivity index is 1.46. The summed E-state index contributed by atoms with van der Waals surface area (Å²) in [7, 11) is 0. The van der Waals surface area contributed by atoms with Gasteiger partial charge < -0.3 is 15.0 Å². The van der Waals surface area contributed by atoms with Crippen LogP contribution in [0.2, 0.25) is 0 Å². The zero-order valence-corrected chi connectivity index (χ0v) is 18.2. The Hall–Kier alpha value is -3.12. The Kier molecular flexibility index (Phi) is 5.24. The molecular formula is C25H24N2O3S. The number of nitrogens with zero attached hydrogens (tertiary/aromatic N) is 1. The highest BCUT2D eigenvalue weighted by molar-refractivity contribution is 7.12. The Morgan fingerprint density at radius 3 is 2.84 bits per heavy atom. The van der Waals surface area contributed by atoms with Crippen LogP contribution in [0.3, 0.4) is 0 Å². The molecule has 2 unspecified atom stereocenters. The highest BCUT2D eigenvalue weighted by Crippen LogP contribution is 2.38. The molecule has 2 aliphatic rings. The smallest absolute Gasteiger partial charge is 0.265 e. The molecule has 2 amide bonds. The minimum Gasteiger partial charge on any atom is -0.481 e. The fourth-order valence-corrected chi connectivity index (χ4v) is 5.17. The first kappa shape index (κ1) is 19.8. The maximum absolute atomic E-state index is 13.3. The Morgan fingerprint density at radius 1 is 1.13 bits per heavy atom. The molecule has 31 heavy (non-hydrogen) atoms. The maximum Gasteiger partial charge on any atom is 0.265 e. The Bertz CT molecular complexity index is 1130. The molecule has 1 aromatic heterocycles. The predicted molar refractivity (Wildman–Crippen MR) is 121 cm³/mol. The lowest BCUT2D eigenvalue weighted by molar-refractivity contribution is -0.140. The van der Waals surface area contributed by atoms with Crippen molar-refractivity contribution in [3.63, 3.8) is 0 Å². The van der Waals surface area contributed by atoms with Crippen molar-refractivity contribution in [1.29, 1.82) is 0 Å². The summed E-state index contributed by atoms with van der Waals surface area (Å²) in [6, 6.07) is 17.7. The normalized spacial score (nSPS) is 20.3. The molecule has 0 radical (unpaired) electrons. The first-order valence-electron chi connectivity index (χ1n) is 10.6. The third-order valence-electron chi connectivity index (χ3n) is 6.05. The van der Waals surface area contributed by atoms with E-state index in [1.165, 1.54) is 22.5 Å². The topological polar surface area (TPSA) is 58.6 Å². The highest BCUT2D eigenvalue weighted by atomic mass is 32.1. The van der Waals surface area contributed by atoms with E-state index in [1.807, 2.05) is 47.5 Å². The molecule has 0 bridgehead atoms. The van der Waals surface area contributed by atoms with Gasteiger partial charge in [0.25, 0.3) is 11.8 Å². The molecule has 2 aromatic carbocycles. The van der Waals surface area contributed by atoms with E-state index in [4.69, 9.17) is 4.74 Å². The number of aryl methyl sites for hydroxylation is 1. The molecule has 2 atom stereocenters. The van der Waals surface area contributed by atoms with E-state index in [1.54, 1.807) is 6.07 Å². The van der Waals surface area contributed by atoms with Gasteiger partial charge in [0.2, 0.25) is 0 Å². The lowest BCUT2D eigenvalue weighted by Crippen LogP contribution is -2.41. The highest BCUT2D eigenvalue weighted by Gasteiger charge is 2.35. The van der Waals surface area contributed by atoms with E-state index in [2.05, 4.69) is 23.5 Å². The summed E-state index contributed by atoms with van der Waals surface area (Å²) in [5.74, 6) is 0.565. The molecule has 5 rings (SSSR count). The monoisotopic (exact) mass is 432 g/mol. The molecule has 0 saturated carbocycles. The summed E-state index contributed by atoms with van der Waals surface area (Å²) in [6.07, 6.45) is 2.50. The number of thiophene rings is 1. The molecule has 158 valence electrons. The number of anilines is 1. The molecule has 0 saturated heterocycles. The standard InChI is InChI=1S/C25H24N2O3S/c1-16-25(29)27(21-9-4-7-17-6-2-3-8-20(17)21)15-18-14-19(11-12-22(18)30-16)26-24(28)23-10-5-13-31-23/h2-3,5-6,8,10-14,16,21H,4,7,9,15H2,1H3,(H,26,28). The third kappa shape index (κ3) is 3.83. The van der Waals surface area contributed by atoms with Crippen LogP contribution in [0.5, 0.6) is 5.75 Å². The van der Waals surface area contributed by atoms with Crippen LogP contribution >= 0.6 is 11.3 Å². The number of ether oxygens (including phenoxy) is 1. The second-order valence-electron chi connectivity index (χ2n) is 8.09. The number of rotatable bonds is 3. The summed E-state index contributed by atoms with van der Waals surface area (Å²) in [4.78, 5) is 28.4. The van der Waals surface area contributed by atoms with Gasteiger partial charge in [0.05, 0.1) is 17.5 Å². The van der Waals surface area contributed by atoms with Crippen molar-refractivity contribution in [2.75, 3.05) is 5.32 Å². The van der Waals surface area contributed by atoms with Crippen molar-refractivity contribution in [2.45, 2.75) is 44.9 Å². The average molecular weight is 433 g/mol. The van der Waals surface area contributed by atoms with E-state index >= 15 is 0 Å². The number of carbonyl (C=O) groups is 2. The zero-order valence-electron chi connectivity index (χ0n) is 17.3. The minimum absolute atomic E-state index is 0.00192. The van der Waals surface area contributed by atoms with Crippen molar-refractivity contribution in [3.8, 4) is 5.75 Å². The number of hydrogen-bond acceptors (Lipinski definition) is 4. The molecule has 5 nitrogen and oxygen atoms in total. The number of hydrogen-bond donors (Lipinski definition) is 1. The van der Waals surface area contributed by atoms with Crippen molar-refractivity contribution in [3.05, 3.63) is 81.5 Å². The average Bonchev–Trinajstić information content (AvgIpc) is 3.29. The molecule has 6 heteroatoms. The zero-order chi connectivity index (χ0) is 21.4. The SMILES string of the molecule is CC1Oc2ccc(NC(=O)c3cccs3)cc2CN(C2CCCc3ccccc32)C1=O. The third-order valence-corrected chi connectivity index (χ3v) is 6.92. The van der Waals surface area contributed by atoms with E-state index < -0.39 is 6.10 Å². The first-order valence-corrected chi connectivity index (χ1v) is 11.5. The summed E-state index contributed by atoms with van der Waals surface area (Å²) in [6.45, 7) is 2.27. The number of fused-ring (bicyclic) bond motifs is 2. The fraction of sp³-hybridized carbons (Fsp3) is 0.280. The van der Waals surface area contributed by atoms with Gasteiger partial charge in [-0.05, 0) is 67.0 Å². The lowest BCUT2D eigenvalue weighted by Gasteiger charge is -2.35. The molecule has 2 heterocycles. The Labute approximate surface area is 185 Å². The lowest BCUT2D eigenvalue weighted by atomic mass is 9.86. The molecule has 1 aliphatic carbocycles. The van der Waals surface area contributed by atoms with Crippen molar-refractivity contribution in [2.24, 2.45) is 0 Å². The quantitative estimate of drug-likeness (QED) is 0.620. The number of amides is 2. The van der Waals surface area contributed by atoms with E-state index in [9.17, 15) is 9.59 Å². The summed E-state index contributed by atoms with van der Waals surface area (Å²) in [5, 5.41) is 4.84. The largest absolute Gasteiger partial charge is 0.481 e. The van der Waals surface area contributed by atoms with E-state index in [-0.39, 0.29) is 17.9 Å². The van der Waals surface area contributed by atoms with Crippen LogP contribution in [0.25, 0.3) is 0 Å². The van der Waals surface area contributed by atoms with Gasteiger partial charge in [0.1, 0.15) is 5.75 Å². The maximum atomic E-state index is 13.3. The predicted octanol–water partition coefficient (Wildman–Crippen LogP) is 5.19. The van der Waals surface area contributed by atoms with Crippen LogP contribution in [0.1, 0.15) is 52.2 Å². The summed E-state index contributed by atoms with van der Waals surface area (Å²) >= 11 is 1.41.